The van der Waals surface area contributed by atoms with E-state index in [0.717, 1.165) is 54.3 Å². The van der Waals surface area contributed by atoms with E-state index in [4.69, 9.17) is 10.2 Å². The fourth-order valence-corrected chi connectivity index (χ4v) is 8.04. The number of carbonyl (C=O) groups is 1. The topological polar surface area (TPSA) is 87.9 Å². The number of amides is 1. The standard InChI is InChI=1S/C24H29N5O3S/c1-16-20-14-24(17(2)26-29(23(24)30)19-11-13-33(31,32)15-19)21-10-6-7-12-27(21)22(20)28(25-16)18-8-4-3-5-9-18/h3-5,8-9,19,21H,6-7,10-15H2,1-2H3/t19-,21+,24+/m1/s1. The molecule has 9 heteroatoms. The van der Waals surface area contributed by atoms with E-state index in [9.17, 15) is 13.2 Å². The van der Waals surface area contributed by atoms with Crippen LogP contribution >= 0.6 is 0 Å². The number of para-hydroxylation sites is 1. The first kappa shape index (κ1) is 20.9. The van der Waals surface area contributed by atoms with Crippen LogP contribution in [0.2, 0.25) is 0 Å². The molecule has 33 heavy (non-hydrogen) atoms. The van der Waals surface area contributed by atoms with Crippen LogP contribution in [0.25, 0.3) is 5.69 Å². The molecule has 0 saturated carbocycles. The molecule has 5 heterocycles. The number of aryl methyl sites for hydroxylation is 1. The van der Waals surface area contributed by atoms with Gasteiger partial charge in [-0.15, -0.1) is 0 Å². The van der Waals surface area contributed by atoms with E-state index in [1.165, 1.54) is 5.01 Å². The summed E-state index contributed by atoms with van der Waals surface area (Å²) in [6, 6.07) is 9.79. The van der Waals surface area contributed by atoms with Crippen LogP contribution in [0.4, 0.5) is 5.82 Å². The normalized spacial score (nSPS) is 30.5. The number of sulfone groups is 1. The zero-order chi connectivity index (χ0) is 23.0. The molecule has 1 spiro atoms. The van der Waals surface area contributed by atoms with Gasteiger partial charge in [0.25, 0.3) is 5.91 Å². The van der Waals surface area contributed by atoms with Gasteiger partial charge in [-0.05, 0) is 58.1 Å². The average molecular weight is 468 g/mol. The van der Waals surface area contributed by atoms with Crippen LogP contribution in [0.15, 0.2) is 35.4 Å². The van der Waals surface area contributed by atoms with Crippen molar-refractivity contribution in [2.45, 2.75) is 58.0 Å². The molecule has 174 valence electrons. The number of hydrazone groups is 1. The molecule has 6 rings (SSSR count). The maximum Gasteiger partial charge on any atom is 0.257 e. The molecule has 0 radical (unpaired) electrons. The molecule has 4 aliphatic heterocycles. The Balaban J connectivity index is 1.47. The lowest BCUT2D eigenvalue weighted by Crippen LogP contribution is -2.62. The lowest BCUT2D eigenvalue weighted by molar-refractivity contribution is -0.139. The van der Waals surface area contributed by atoms with Crippen molar-refractivity contribution >= 4 is 27.3 Å². The highest BCUT2D eigenvalue weighted by atomic mass is 32.2. The molecule has 1 amide bonds. The monoisotopic (exact) mass is 467 g/mol. The van der Waals surface area contributed by atoms with E-state index in [1.807, 2.05) is 36.7 Å². The number of nitrogens with zero attached hydrogens (tertiary/aromatic N) is 5. The van der Waals surface area contributed by atoms with E-state index in [-0.39, 0.29) is 29.5 Å². The Bertz CT molecular complexity index is 1270. The predicted molar refractivity (Wildman–Crippen MR) is 126 cm³/mol. The van der Waals surface area contributed by atoms with Crippen LogP contribution in [0.3, 0.4) is 0 Å². The summed E-state index contributed by atoms with van der Waals surface area (Å²) >= 11 is 0. The summed E-state index contributed by atoms with van der Waals surface area (Å²) in [6.45, 7) is 4.84. The molecule has 2 saturated heterocycles. The number of hydrogen-bond donors (Lipinski definition) is 0. The van der Waals surface area contributed by atoms with E-state index < -0.39 is 15.3 Å². The number of aromatic nitrogens is 2. The fourth-order valence-electron chi connectivity index (χ4n) is 6.35. The van der Waals surface area contributed by atoms with Crippen LogP contribution < -0.4 is 4.90 Å². The van der Waals surface area contributed by atoms with Crippen molar-refractivity contribution < 1.29 is 13.2 Å². The first-order valence-electron chi connectivity index (χ1n) is 11.8. The van der Waals surface area contributed by atoms with Gasteiger partial charge in [0, 0.05) is 12.1 Å². The number of anilines is 1. The lowest BCUT2D eigenvalue weighted by Gasteiger charge is -2.50. The number of piperidine rings is 1. The molecule has 1 aromatic heterocycles. The quantitative estimate of drug-likeness (QED) is 0.677. The summed E-state index contributed by atoms with van der Waals surface area (Å²) in [4.78, 5) is 16.5. The summed E-state index contributed by atoms with van der Waals surface area (Å²) in [5.41, 5.74) is 3.10. The Labute approximate surface area is 194 Å². The van der Waals surface area contributed by atoms with Crippen LogP contribution in [0.1, 0.15) is 43.9 Å². The van der Waals surface area contributed by atoms with Crippen molar-refractivity contribution in [3.05, 3.63) is 41.6 Å². The first-order valence-corrected chi connectivity index (χ1v) is 13.6. The molecular formula is C24H29N5O3S. The predicted octanol–water partition coefficient (Wildman–Crippen LogP) is 2.49. The third-order valence-electron chi connectivity index (χ3n) is 8.00. The minimum Gasteiger partial charge on any atom is -0.352 e. The zero-order valence-electron chi connectivity index (χ0n) is 19.1. The van der Waals surface area contributed by atoms with Gasteiger partial charge in [0.2, 0.25) is 0 Å². The fraction of sp³-hybridized carbons (Fsp3) is 0.542. The smallest absolute Gasteiger partial charge is 0.257 e. The van der Waals surface area contributed by atoms with Crippen molar-refractivity contribution in [1.29, 1.82) is 0 Å². The molecule has 3 atom stereocenters. The average Bonchev–Trinajstić information content (AvgIpc) is 3.42. The van der Waals surface area contributed by atoms with Gasteiger partial charge in [-0.25, -0.2) is 18.1 Å². The lowest BCUT2D eigenvalue weighted by atomic mass is 9.66. The van der Waals surface area contributed by atoms with E-state index in [2.05, 4.69) is 17.0 Å². The van der Waals surface area contributed by atoms with Gasteiger partial charge < -0.3 is 4.90 Å². The summed E-state index contributed by atoms with van der Waals surface area (Å²) in [6.07, 6.45) is 4.07. The highest BCUT2D eigenvalue weighted by Gasteiger charge is 2.61. The van der Waals surface area contributed by atoms with Crippen molar-refractivity contribution in [3.63, 3.8) is 0 Å². The molecule has 1 aromatic carbocycles. The third kappa shape index (κ3) is 2.94. The Morgan fingerprint density at radius 2 is 1.88 bits per heavy atom. The second kappa shape index (κ2) is 7.16. The second-order valence-electron chi connectivity index (χ2n) is 9.88. The maximum absolute atomic E-state index is 14.1. The number of carbonyl (C=O) groups excluding carboxylic acids is 1. The van der Waals surface area contributed by atoms with Crippen molar-refractivity contribution in [2.75, 3.05) is 23.0 Å². The van der Waals surface area contributed by atoms with Crippen molar-refractivity contribution in [2.24, 2.45) is 10.5 Å². The Morgan fingerprint density at radius 1 is 1.09 bits per heavy atom. The Hall–Kier alpha value is -2.68. The van der Waals surface area contributed by atoms with Gasteiger partial charge >= 0.3 is 0 Å². The Kier molecular flexibility index (Phi) is 4.53. The van der Waals surface area contributed by atoms with Crippen molar-refractivity contribution in [1.82, 2.24) is 14.8 Å². The highest BCUT2D eigenvalue weighted by molar-refractivity contribution is 7.91. The van der Waals surface area contributed by atoms with Gasteiger partial charge in [-0.2, -0.15) is 10.2 Å². The molecular weight excluding hydrogens is 438 g/mol. The summed E-state index contributed by atoms with van der Waals surface area (Å²) in [5, 5.41) is 11.2. The minimum atomic E-state index is -3.11. The van der Waals surface area contributed by atoms with Crippen LogP contribution in [0.5, 0.6) is 0 Å². The van der Waals surface area contributed by atoms with E-state index in [0.29, 0.717) is 12.8 Å². The number of rotatable bonds is 2. The molecule has 0 N–H and O–H groups in total. The van der Waals surface area contributed by atoms with Gasteiger partial charge in [-0.1, -0.05) is 18.2 Å². The van der Waals surface area contributed by atoms with Gasteiger partial charge in [0.05, 0.1) is 40.7 Å². The number of hydrogen-bond acceptors (Lipinski definition) is 6. The molecule has 4 aliphatic rings. The van der Waals surface area contributed by atoms with Gasteiger partial charge in [0.15, 0.2) is 9.84 Å². The van der Waals surface area contributed by atoms with E-state index in [1.54, 1.807) is 0 Å². The molecule has 0 bridgehead atoms. The Morgan fingerprint density at radius 3 is 2.61 bits per heavy atom. The van der Waals surface area contributed by atoms with Crippen LogP contribution in [0, 0.1) is 12.3 Å². The third-order valence-corrected chi connectivity index (χ3v) is 9.76. The second-order valence-corrected chi connectivity index (χ2v) is 12.1. The largest absolute Gasteiger partial charge is 0.352 e. The van der Waals surface area contributed by atoms with Gasteiger partial charge in [0.1, 0.15) is 11.2 Å². The molecule has 2 aromatic rings. The summed E-state index contributed by atoms with van der Waals surface area (Å²) in [7, 11) is -3.11. The first-order chi connectivity index (χ1) is 15.8. The number of fused-ring (bicyclic) bond motifs is 4. The summed E-state index contributed by atoms with van der Waals surface area (Å²) in [5.74, 6) is 1.20. The van der Waals surface area contributed by atoms with E-state index >= 15 is 0 Å². The molecule has 0 unspecified atom stereocenters. The number of benzene rings is 1. The van der Waals surface area contributed by atoms with Crippen LogP contribution in [-0.4, -0.2) is 65.0 Å². The SMILES string of the molecule is CC1=NN([C@@H]2CCS(=O)(=O)C2)C(=O)[C@@]12Cc1c(C)nn(-c3ccccc3)c1N1CCCC[C@H]12. The van der Waals surface area contributed by atoms with Crippen molar-refractivity contribution in [3.8, 4) is 5.69 Å². The van der Waals surface area contributed by atoms with Gasteiger partial charge in [-0.3, -0.25) is 4.79 Å². The minimum absolute atomic E-state index is 0.00317. The maximum atomic E-state index is 14.1. The highest BCUT2D eigenvalue weighted by Crippen LogP contribution is 2.51. The molecule has 2 fully saturated rings. The zero-order valence-corrected chi connectivity index (χ0v) is 19.9. The summed E-state index contributed by atoms with van der Waals surface area (Å²) < 4.78 is 26.3. The molecule has 8 nitrogen and oxygen atoms in total. The molecule has 0 aliphatic carbocycles. The van der Waals surface area contributed by atoms with Crippen LogP contribution in [-0.2, 0) is 21.1 Å².